The van der Waals surface area contributed by atoms with E-state index in [0.717, 1.165) is 25.9 Å². The van der Waals surface area contributed by atoms with Crippen molar-refractivity contribution in [2.75, 3.05) is 13.1 Å². The van der Waals surface area contributed by atoms with Crippen LogP contribution in [0.25, 0.3) is 0 Å². The van der Waals surface area contributed by atoms with Crippen molar-refractivity contribution in [2.24, 2.45) is 5.92 Å². The van der Waals surface area contributed by atoms with Gasteiger partial charge in [-0.1, -0.05) is 6.42 Å². The average molecular weight is 224 g/mol. The molecule has 1 amide bonds. The largest absolute Gasteiger partial charge is 0.317 e. The van der Waals surface area contributed by atoms with Crippen LogP contribution < -0.4 is 5.32 Å². The maximum Gasteiger partial charge on any atom is 0.249 e. The minimum atomic E-state index is 0.191. The summed E-state index contributed by atoms with van der Waals surface area (Å²) in [6.45, 7) is 2.01. The minimum absolute atomic E-state index is 0.191. The van der Waals surface area contributed by atoms with Crippen molar-refractivity contribution in [3.8, 4) is 0 Å². The molecule has 2 saturated heterocycles. The Morgan fingerprint density at radius 3 is 2.56 bits per heavy atom. The van der Waals surface area contributed by atoms with E-state index in [0.29, 0.717) is 18.4 Å². The van der Waals surface area contributed by atoms with Crippen molar-refractivity contribution in [2.45, 2.75) is 50.7 Å². The van der Waals surface area contributed by atoms with Crippen LogP contribution in [0.2, 0.25) is 0 Å². The third-order valence-electron chi connectivity index (χ3n) is 4.19. The van der Waals surface area contributed by atoms with E-state index in [1.54, 1.807) is 5.06 Å². The Morgan fingerprint density at radius 2 is 1.94 bits per heavy atom. The molecule has 4 nitrogen and oxygen atoms in total. The first-order valence-corrected chi connectivity index (χ1v) is 6.54. The zero-order valence-electron chi connectivity index (χ0n) is 9.65. The number of hydroxylamine groups is 2. The van der Waals surface area contributed by atoms with Gasteiger partial charge in [0.25, 0.3) is 0 Å². The summed E-state index contributed by atoms with van der Waals surface area (Å²) < 4.78 is 0. The molecule has 3 aliphatic rings. The standard InChI is InChI=1S/C12H20N2O2/c15-12-8-11(9-2-1-3-9)16-14(12)10-4-6-13-7-5-10/h9-11,13H,1-8H2. The molecule has 2 aliphatic heterocycles. The van der Waals surface area contributed by atoms with E-state index < -0.39 is 0 Å². The number of hydrogen-bond donors (Lipinski definition) is 1. The molecule has 0 aromatic carbocycles. The molecule has 0 aromatic heterocycles. The summed E-state index contributed by atoms with van der Waals surface area (Å²) in [6.07, 6.45) is 6.68. The Labute approximate surface area is 96.3 Å². The molecular formula is C12H20N2O2. The Morgan fingerprint density at radius 1 is 1.19 bits per heavy atom. The molecule has 1 unspecified atom stereocenters. The van der Waals surface area contributed by atoms with Crippen LogP contribution in [0.5, 0.6) is 0 Å². The van der Waals surface area contributed by atoms with Crippen LogP contribution in [-0.4, -0.2) is 36.2 Å². The van der Waals surface area contributed by atoms with E-state index in [1.807, 2.05) is 0 Å². The van der Waals surface area contributed by atoms with Crippen LogP contribution in [0.4, 0.5) is 0 Å². The van der Waals surface area contributed by atoms with E-state index >= 15 is 0 Å². The lowest BCUT2D eigenvalue weighted by molar-refractivity contribution is -0.201. The van der Waals surface area contributed by atoms with Crippen molar-refractivity contribution >= 4 is 5.91 Å². The van der Waals surface area contributed by atoms with Crippen molar-refractivity contribution in [1.82, 2.24) is 10.4 Å². The quantitative estimate of drug-likeness (QED) is 0.763. The van der Waals surface area contributed by atoms with Crippen LogP contribution in [-0.2, 0) is 9.63 Å². The van der Waals surface area contributed by atoms with E-state index in [4.69, 9.17) is 4.84 Å². The molecule has 90 valence electrons. The Bertz CT molecular complexity index is 272. The maximum absolute atomic E-state index is 11.9. The molecule has 16 heavy (non-hydrogen) atoms. The zero-order valence-corrected chi connectivity index (χ0v) is 9.65. The molecule has 1 N–H and O–H groups in total. The fraction of sp³-hybridized carbons (Fsp3) is 0.917. The molecular weight excluding hydrogens is 204 g/mol. The number of amides is 1. The lowest BCUT2D eigenvalue weighted by Gasteiger charge is -2.33. The van der Waals surface area contributed by atoms with Gasteiger partial charge in [0.2, 0.25) is 5.91 Å². The molecule has 0 aromatic rings. The Hall–Kier alpha value is -0.610. The maximum atomic E-state index is 11.9. The number of nitrogens with zero attached hydrogens (tertiary/aromatic N) is 1. The summed E-state index contributed by atoms with van der Waals surface area (Å²) >= 11 is 0. The summed E-state index contributed by atoms with van der Waals surface area (Å²) in [5.74, 6) is 0.861. The second-order valence-corrected chi connectivity index (χ2v) is 5.24. The van der Waals surface area contributed by atoms with Gasteiger partial charge in [0, 0.05) is 0 Å². The number of hydrogen-bond acceptors (Lipinski definition) is 3. The van der Waals surface area contributed by atoms with Crippen LogP contribution >= 0.6 is 0 Å². The molecule has 4 heteroatoms. The lowest BCUT2D eigenvalue weighted by atomic mass is 9.80. The van der Waals surface area contributed by atoms with E-state index in [1.165, 1.54) is 19.3 Å². The number of nitrogens with one attached hydrogen (secondary N) is 1. The van der Waals surface area contributed by atoms with Gasteiger partial charge in [0.15, 0.2) is 0 Å². The van der Waals surface area contributed by atoms with Gasteiger partial charge in [-0.15, -0.1) is 0 Å². The van der Waals surface area contributed by atoms with Crippen molar-refractivity contribution in [3.05, 3.63) is 0 Å². The van der Waals surface area contributed by atoms with Gasteiger partial charge in [0.1, 0.15) is 0 Å². The highest BCUT2D eigenvalue weighted by atomic mass is 16.7. The smallest absolute Gasteiger partial charge is 0.249 e. The monoisotopic (exact) mass is 224 g/mol. The second-order valence-electron chi connectivity index (χ2n) is 5.24. The van der Waals surface area contributed by atoms with Gasteiger partial charge in [-0.25, -0.2) is 5.06 Å². The summed E-state index contributed by atoms with van der Waals surface area (Å²) in [7, 11) is 0. The van der Waals surface area contributed by atoms with Crippen LogP contribution in [0.3, 0.4) is 0 Å². The van der Waals surface area contributed by atoms with Gasteiger partial charge in [-0.2, -0.15) is 0 Å². The molecule has 1 atom stereocenters. The first kappa shape index (κ1) is 10.5. The number of carbonyl (C=O) groups is 1. The summed E-state index contributed by atoms with van der Waals surface area (Å²) in [5, 5.41) is 5.01. The van der Waals surface area contributed by atoms with Gasteiger partial charge in [-0.3, -0.25) is 9.63 Å². The molecule has 3 rings (SSSR count). The van der Waals surface area contributed by atoms with Gasteiger partial charge >= 0.3 is 0 Å². The lowest BCUT2D eigenvalue weighted by Crippen LogP contribution is -2.43. The van der Waals surface area contributed by atoms with Crippen molar-refractivity contribution in [1.29, 1.82) is 0 Å². The highest BCUT2D eigenvalue weighted by Gasteiger charge is 2.41. The van der Waals surface area contributed by atoms with Gasteiger partial charge < -0.3 is 5.32 Å². The third kappa shape index (κ3) is 1.84. The first-order chi connectivity index (χ1) is 7.84. The molecule has 0 bridgehead atoms. The third-order valence-corrected chi connectivity index (χ3v) is 4.19. The Balaban J connectivity index is 1.60. The van der Waals surface area contributed by atoms with E-state index in [-0.39, 0.29) is 12.0 Å². The van der Waals surface area contributed by atoms with Gasteiger partial charge in [0.05, 0.1) is 18.6 Å². The zero-order chi connectivity index (χ0) is 11.0. The van der Waals surface area contributed by atoms with Crippen molar-refractivity contribution < 1.29 is 9.63 Å². The summed E-state index contributed by atoms with van der Waals surface area (Å²) in [6, 6.07) is 0.318. The SMILES string of the molecule is O=C1CC(C2CCC2)ON1C1CCNCC1. The number of carbonyl (C=O) groups excluding carboxylic acids is 1. The molecule has 1 aliphatic carbocycles. The average Bonchev–Trinajstić information content (AvgIpc) is 2.59. The fourth-order valence-electron chi connectivity index (χ4n) is 2.90. The Kier molecular flexibility index (Phi) is 2.86. The molecule has 2 heterocycles. The van der Waals surface area contributed by atoms with Gasteiger partial charge in [-0.05, 0) is 44.7 Å². The number of rotatable bonds is 2. The van der Waals surface area contributed by atoms with Crippen LogP contribution in [0.15, 0.2) is 0 Å². The highest BCUT2D eigenvalue weighted by molar-refractivity contribution is 5.77. The second kappa shape index (κ2) is 4.34. The van der Waals surface area contributed by atoms with Crippen LogP contribution in [0, 0.1) is 5.92 Å². The van der Waals surface area contributed by atoms with E-state index in [9.17, 15) is 4.79 Å². The molecule has 1 saturated carbocycles. The molecule has 0 spiro atoms. The predicted octanol–water partition coefficient (Wildman–Crippen LogP) is 1.07. The summed E-state index contributed by atoms with van der Waals surface area (Å²) in [5.41, 5.74) is 0. The highest BCUT2D eigenvalue weighted by Crippen LogP contribution is 2.37. The molecule has 3 fully saturated rings. The molecule has 0 radical (unpaired) electrons. The minimum Gasteiger partial charge on any atom is -0.317 e. The first-order valence-electron chi connectivity index (χ1n) is 6.54. The topological polar surface area (TPSA) is 41.6 Å². The van der Waals surface area contributed by atoms with Crippen LogP contribution in [0.1, 0.15) is 38.5 Å². The normalized spacial score (nSPS) is 33.1. The van der Waals surface area contributed by atoms with Crippen molar-refractivity contribution in [3.63, 3.8) is 0 Å². The number of piperidine rings is 1. The predicted molar refractivity (Wildman–Crippen MR) is 59.6 cm³/mol. The summed E-state index contributed by atoms with van der Waals surface area (Å²) in [4.78, 5) is 17.8. The fourth-order valence-corrected chi connectivity index (χ4v) is 2.90. The van der Waals surface area contributed by atoms with E-state index in [2.05, 4.69) is 5.32 Å².